The van der Waals surface area contributed by atoms with Crippen molar-refractivity contribution in [1.29, 1.82) is 0 Å². The largest absolute Gasteiger partial charge is 0.467 e. The fraction of sp³-hybridized carbons (Fsp3) is 0.214. The Morgan fingerprint density at radius 1 is 1.21 bits per heavy atom. The topological polar surface area (TPSA) is 55.3 Å². The van der Waals surface area contributed by atoms with Crippen LogP contribution in [0, 0.1) is 0 Å². The predicted octanol–water partition coefficient (Wildman–Crippen LogP) is 1.69. The van der Waals surface area contributed by atoms with Crippen molar-refractivity contribution in [3.05, 3.63) is 48.3 Å². The normalized spacial score (nSPS) is 10.0. The fourth-order valence-electron chi connectivity index (χ4n) is 1.63. The molecule has 0 bridgehead atoms. The Morgan fingerprint density at radius 3 is 2.42 bits per heavy atom. The van der Waals surface area contributed by atoms with Gasteiger partial charge in [0.05, 0.1) is 13.5 Å². The lowest BCUT2D eigenvalue weighted by molar-refractivity contribution is -0.117. The molecule has 1 aromatic carbocycles. The van der Waals surface area contributed by atoms with Crippen LogP contribution in [0.15, 0.2) is 42.7 Å². The Kier molecular flexibility index (Phi) is 4.07. The molecule has 0 fully saturated rings. The number of methoxy groups -OCH3 is 1. The first kappa shape index (κ1) is 13.0. The van der Waals surface area contributed by atoms with Gasteiger partial charge in [0.15, 0.2) is 0 Å². The third kappa shape index (κ3) is 3.28. The lowest BCUT2D eigenvalue weighted by Crippen LogP contribution is -2.27. The van der Waals surface area contributed by atoms with Crippen LogP contribution in [0.3, 0.4) is 0 Å². The molecule has 2 rings (SSSR count). The van der Waals surface area contributed by atoms with E-state index >= 15 is 0 Å². The van der Waals surface area contributed by atoms with E-state index in [0.717, 1.165) is 11.3 Å². The summed E-state index contributed by atoms with van der Waals surface area (Å²) >= 11 is 0. The lowest BCUT2D eigenvalue weighted by Gasteiger charge is -2.17. The maximum absolute atomic E-state index is 12.1. The Labute approximate surface area is 111 Å². The molecule has 1 amide bonds. The number of ether oxygens (including phenoxy) is 1. The Bertz CT molecular complexity index is 540. The van der Waals surface area contributed by atoms with Crippen LogP contribution in [0.1, 0.15) is 5.56 Å². The van der Waals surface area contributed by atoms with Gasteiger partial charge in [-0.3, -0.25) is 4.79 Å². The predicted molar refractivity (Wildman–Crippen MR) is 72.1 cm³/mol. The van der Waals surface area contributed by atoms with Crippen LogP contribution in [0.25, 0.3) is 0 Å². The number of para-hydroxylation sites is 1. The minimum absolute atomic E-state index is 0.0139. The summed E-state index contributed by atoms with van der Waals surface area (Å²) in [5, 5.41) is 0. The number of carbonyl (C=O) groups is 1. The minimum Gasteiger partial charge on any atom is -0.467 e. The summed E-state index contributed by atoms with van der Waals surface area (Å²) in [5.74, 6) is -0.0139. The fourth-order valence-corrected chi connectivity index (χ4v) is 1.63. The molecule has 2 aromatic rings. The van der Waals surface area contributed by atoms with Crippen molar-refractivity contribution in [2.24, 2.45) is 0 Å². The van der Waals surface area contributed by atoms with Gasteiger partial charge in [0.25, 0.3) is 0 Å². The molecule has 0 saturated heterocycles. The van der Waals surface area contributed by atoms with Gasteiger partial charge in [-0.15, -0.1) is 0 Å². The van der Waals surface area contributed by atoms with Crippen molar-refractivity contribution in [1.82, 2.24) is 9.97 Å². The van der Waals surface area contributed by atoms with Gasteiger partial charge >= 0.3 is 6.01 Å². The first-order valence-electron chi connectivity index (χ1n) is 5.87. The van der Waals surface area contributed by atoms with Crippen LogP contribution in [0.5, 0.6) is 6.01 Å². The number of benzene rings is 1. The Morgan fingerprint density at radius 2 is 1.84 bits per heavy atom. The van der Waals surface area contributed by atoms with E-state index in [2.05, 4.69) is 9.97 Å². The summed E-state index contributed by atoms with van der Waals surface area (Å²) < 4.78 is 4.87. The molecule has 5 heteroatoms. The van der Waals surface area contributed by atoms with Gasteiger partial charge in [-0.1, -0.05) is 18.2 Å². The van der Waals surface area contributed by atoms with Gasteiger partial charge in [-0.25, -0.2) is 9.97 Å². The molecular weight excluding hydrogens is 242 g/mol. The van der Waals surface area contributed by atoms with Crippen molar-refractivity contribution in [2.45, 2.75) is 6.42 Å². The monoisotopic (exact) mass is 257 g/mol. The van der Waals surface area contributed by atoms with E-state index < -0.39 is 0 Å². The van der Waals surface area contributed by atoms with Crippen molar-refractivity contribution in [2.75, 3.05) is 19.1 Å². The number of hydrogen-bond acceptors (Lipinski definition) is 4. The zero-order valence-corrected chi connectivity index (χ0v) is 10.9. The molecule has 1 heterocycles. The smallest absolute Gasteiger partial charge is 0.316 e. The zero-order valence-electron chi connectivity index (χ0n) is 10.9. The molecule has 0 spiro atoms. The van der Waals surface area contributed by atoms with Crippen LogP contribution in [-0.4, -0.2) is 30.0 Å². The van der Waals surface area contributed by atoms with Crippen LogP contribution in [0.2, 0.25) is 0 Å². The number of carbonyl (C=O) groups excluding carboxylic acids is 1. The average molecular weight is 257 g/mol. The second-order valence-electron chi connectivity index (χ2n) is 4.04. The standard InChI is InChI=1S/C14H15N3O2/c1-17(12-6-4-3-5-7-12)13(18)8-11-9-15-14(19-2)16-10-11/h3-7,9-10H,8H2,1-2H3. The molecule has 19 heavy (non-hydrogen) atoms. The van der Waals surface area contributed by atoms with Crippen LogP contribution in [0.4, 0.5) is 5.69 Å². The SMILES string of the molecule is COc1ncc(CC(=O)N(C)c2ccccc2)cn1. The van der Waals surface area contributed by atoms with Crippen molar-refractivity contribution in [3.8, 4) is 6.01 Å². The van der Waals surface area contributed by atoms with Gasteiger partial charge < -0.3 is 9.64 Å². The molecule has 0 N–H and O–H groups in total. The number of nitrogens with zero attached hydrogens (tertiary/aromatic N) is 3. The average Bonchev–Trinajstić information content (AvgIpc) is 2.48. The van der Waals surface area contributed by atoms with Gasteiger partial charge in [0.1, 0.15) is 0 Å². The van der Waals surface area contributed by atoms with Crippen LogP contribution < -0.4 is 9.64 Å². The maximum atomic E-state index is 12.1. The quantitative estimate of drug-likeness (QED) is 0.836. The molecule has 0 aliphatic heterocycles. The van der Waals surface area contributed by atoms with Crippen molar-refractivity contribution in [3.63, 3.8) is 0 Å². The minimum atomic E-state index is -0.0139. The van der Waals surface area contributed by atoms with Crippen molar-refractivity contribution >= 4 is 11.6 Å². The molecule has 5 nitrogen and oxygen atoms in total. The Hall–Kier alpha value is -2.43. The molecule has 0 aliphatic rings. The van der Waals surface area contributed by atoms with Crippen molar-refractivity contribution < 1.29 is 9.53 Å². The summed E-state index contributed by atoms with van der Waals surface area (Å²) in [6, 6.07) is 9.79. The molecule has 0 radical (unpaired) electrons. The van der Waals surface area contributed by atoms with Crippen LogP contribution >= 0.6 is 0 Å². The van der Waals surface area contributed by atoms with E-state index in [1.54, 1.807) is 24.3 Å². The number of aromatic nitrogens is 2. The molecule has 0 atom stereocenters. The molecule has 0 unspecified atom stereocenters. The van der Waals surface area contributed by atoms with E-state index in [4.69, 9.17) is 4.74 Å². The number of hydrogen-bond donors (Lipinski definition) is 0. The highest BCUT2D eigenvalue weighted by molar-refractivity contribution is 5.94. The number of rotatable bonds is 4. The summed E-state index contributed by atoms with van der Waals surface area (Å²) in [6.07, 6.45) is 3.46. The Balaban J connectivity index is 2.04. The molecular formula is C14H15N3O2. The van der Waals surface area contributed by atoms with Gasteiger partial charge in [-0.05, 0) is 17.7 Å². The highest BCUT2D eigenvalue weighted by atomic mass is 16.5. The summed E-state index contributed by atoms with van der Waals surface area (Å²) in [7, 11) is 3.26. The van der Waals surface area contributed by atoms with E-state index in [-0.39, 0.29) is 12.3 Å². The molecule has 98 valence electrons. The van der Waals surface area contributed by atoms with Gasteiger partial charge in [0.2, 0.25) is 5.91 Å². The van der Waals surface area contributed by atoms with Gasteiger partial charge in [0, 0.05) is 25.1 Å². The second kappa shape index (κ2) is 5.95. The van der Waals surface area contributed by atoms with E-state index in [0.29, 0.717) is 6.01 Å². The lowest BCUT2D eigenvalue weighted by atomic mass is 10.2. The molecule has 0 saturated carbocycles. The highest BCUT2D eigenvalue weighted by Crippen LogP contribution is 2.13. The second-order valence-corrected chi connectivity index (χ2v) is 4.04. The first-order chi connectivity index (χ1) is 9.20. The number of likely N-dealkylation sites (N-methyl/N-ethyl adjacent to an activating group) is 1. The molecule has 1 aromatic heterocycles. The number of anilines is 1. The summed E-state index contributed by atoms with van der Waals surface area (Å²) in [6.45, 7) is 0. The van der Waals surface area contributed by atoms with E-state index in [9.17, 15) is 4.79 Å². The third-order valence-corrected chi connectivity index (χ3v) is 2.74. The summed E-state index contributed by atoms with van der Waals surface area (Å²) in [4.78, 5) is 21.7. The summed E-state index contributed by atoms with van der Waals surface area (Å²) in [5.41, 5.74) is 1.62. The van der Waals surface area contributed by atoms with E-state index in [1.165, 1.54) is 7.11 Å². The maximum Gasteiger partial charge on any atom is 0.316 e. The molecule has 0 aliphatic carbocycles. The van der Waals surface area contributed by atoms with Gasteiger partial charge in [-0.2, -0.15) is 0 Å². The first-order valence-corrected chi connectivity index (χ1v) is 5.87. The zero-order chi connectivity index (χ0) is 13.7. The number of amides is 1. The third-order valence-electron chi connectivity index (χ3n) is 2.74. The van der Waals surface area contributed by atoms with E-state index in [1.807, 2.05) is 30.3 Å². The highest BCUT2D eigenvalue weighted by Gasteiger charge is 2.11. The van der Waals surface area contributed by atoms with Crippen LogP contribution in [-0.2, 0) is 11.2 Å².